The lowest BCUT2D eigenvalue weighted by Gasteiger charge is -2.21. The fourth-order valence-corrected chi connectivity index (χ4v) is 4.51. The van der Waals surface area contributed by atoms with Crippen LogP contribution in [-0.4, -0.2) is 26.0 Å². The number of sulfone groups is 1. The molecule has 1 aliphatic heterocycles. The number of benzene rings is 2. The van der Waals surface area contributed by atoms with Gasteiger partial charge in [0.05, 0.1) is 16.5 Å². The molecule has 0 saturated carbocycles. The van der Waals surface area contributed by atoms with Gasteiger partial charge in [-0.15, -0.1) is 0 Å². The van der Waals surface area contributed by atoms with Crippen molar-refractivity contribution in [2.75, 3.05) is 16.4 Å². The Balaban J connectivity index is 1.88. The summed E-state index contributed by atoms with van der Waals surface area (Å²) in [5, 5.41) is 5.37. The largest absolute Gasteiger partial charge is 0.326 e. The summed E-state index contributed by atoms with van der Waals surface area (Å²) in [5.74, 6) is -1.34. The summed E-state index contributed by atoms with van der Waals surface area (Å²) in [6, 6.07) is 14.0. The summed E-state index contributed by atoms with van der Waals surface area (Å²) < 4.78 is 24.5. The van der Waals surface area contributed by atoms with Gasteiger partial charge in [-0.3, -0.25) is 9.59 Å². The SMILES string of the molecule is CC(C)CC(C(=O)Nc1ccc2c(c1)S(=O)(=O)CC(=O)N2)c1ccccc1. The van der Waals surface area contributed by atoms with Crippen molar-refractivity contribution in [1.29, 1.82) is 0 Å². The number of amides is 2. The van der Waals surface area contributed by atoms with Crippen LogP contribution in [0.5, 0.6) is 0 Å². The van der Waals surface area contributed by atoms with E-state index in [9.17, 15) is 18.0 Å². The van der Waals surface area contributed by atoms with Crippen LogP contribution >= 0.6 is 0 Å². The molecule has 2 amide bonds. The number of fused-ring (bicyclic) bond motifs is 1. The predicted molar refractivity (Wildman–Crippen MR) is 104 cm³/mol. The van der Waals surface area contributed by atoms with Gasteiger partial charge in [0.25, 0.3) is 0 Å². The minimum atomic E-state index is -3.70. The second kappa shape index (κ2) is 7.52. The summed E-state index contributed by atoms with van der Waals surface area (Å²) in [5.41, 5.74) is 1.55. The van der Waals surface area contributed by atoms with Gasteiger partial charge in [0.1, 0.15) is 5.75 Å². The van der Waals surface area contributed by atoms with E-state index >= 15 is 0 Å². The fourth-order valence-electron chi connectivity index (χ4n) is 3.18. The average Bonchev–Trinajstić information content (AvgIpc) is 2.60. The summed E-state index contributed by atoms with van der Waals surface area (Å²) in [6.45, 7) is 4.11. The first kappa shape index (κ1) is 19.1. The highest BCUT2D eigenvalue weighted by molar-refractivity contribution is 7.92. The standard InChI is InChI=1S/C20H22N2O4S/c1-13(2)10-16(14-6-4-3-5-7-14)20(24)21-15-8-9-17-18(11-15)27(25,26)12-19(23)22-17/h3-9,11,13,16H,10,12H2,1-2H3,(H,21,24)(H,22,23). The molecule has 0 aromatic heterocycles. The van der Waals surface area contributed by atoms with Crippen molar-refractivity contribution in [3.63, 3.8) is 0 Å². The maximum Gasteiger partial charge on any atom is 0.239 e. The molecule has 0 fully saturated rings. The number of rotatable bonds is 5. The minimum Gasteiger partial charge on any atom is -0.326 e. The van der Waals surface area contributed by atoms with E-state index in [0.29, 0.717) is 18.0 Å². The van der Waals surface area contributed by atoms with Crippen molar-refractivity contribution in [3.05, 3.63) is 54.1 Å². The number of hydrogen-bond acceptors (Lipinski definition) is 4. The lowest BCUT2D eigenvalue weighted by atomic mass is 9.89. The van der Waals surface area contributed by atoms with Gasteiger partial charge in [-0.1, -0.05) is 44.2 Å². The summed E-state index contributed by atoms with van der Waals surface area (Å²) in [7, 11) is -3.70. The summed E-state index contributed by atoms with van der Waals surface area (Å²) >= 11 is 0. The highest BCUT2D eigenvalue weighted by Gasteiger charge is 2.29. The van der Waals surface area contributed by atoms with E-state index in [2.05, 4.69) is 24.5 Å². The molecule has 2 aromatic rings. The zero-order valence-electron chi connectivity index (χ0n) is 15.2. The molecule has 6 nitrogen and oxygen atoms in total. The predicted octanol–water partition coefficient (Wildman–Crippen LogP) is 3.18. The first-order valence-corrected chi connectivity index (χ1v) is 10.4. The molecule has 7 heteroatoms. The smallest absolute Gasteiger partial charge is 0.239 e. The monoisotopic (exact) mass is 386 g/mol. The molecule has 2 N–H and O–H groups in total. The quantitative estimate of drug-likeness (QED) is 0.825. The fraction of sp³-hybridized carbons (Fsp3) is 0.300. The number of carbonyl (C=O) groups excluding carboxylic acids is 2. The third-order valence-corrected chi connectivity index (χ3v) is 6.06. The molecular formula is C20H22N2O4S. The molecule has 1 heterocycles. The van der Waals surface area contributed by atoms with Crippen LogP contribution in [0.3, 0.4) is 0 Å². The van der Waals surface area contributed by atoms with Crippen molar-refractivity contribution in [2.24, 2.45) is 5.92 Å². The van der Waals surface area contributed by atoms with Gasteiger partial charge in [0, 0.05) is 5.69 Å². The molecule has 2 aromatic carbocycles. The molecule has 0 aliphatic carbocycles. The Morgan fingerprint density at radius 1 is 1.15 bits per heavy atom. The third-order valence-electron chi connectivity index (χ3n) is 4.40. The van der Waals surface area contributed by atoms with E-state index in [0.717, 1.165) is 5.56 Å². The zero-order valence-corrected chi connectivity index (χ0v) is 16.0. The highest BCUT2D eigenvalue weighted by atomic mass is 32.2. The maximum atomic E-state index is 12.9. The van der Waals surface area contributed by atoms with Crippen molar-refractivity contribution in [1.82, 2.24) is 0 Å². The normalized spacial score (nSPS) is 16.3. The first-order valence-electron chi connectivity index (χ1n) is 8.79. The van der Waals surface area contributed by atoms with E-state index < -0.39 is 21.5 Å². The Labute approximate surface area is 158 Å². The Kier molecular flexibility index (Phi) is 5.32. The van der Waals surface area contributed by atoms with Crippen LogP contribution in [0.4, 0.5) is 11.4 Å². The van der Waals surface area contributed by atoms with E-state index in [1.807, 2.05) is 30.3 Å². The average molecular weight is 386 g/mol. The minimum absolute atomic E-state index is 0.0278. The van der Waals surface area contributed by atoms with E-state index in [4.69, 9.17) is 0 Å². The number of carbonyl (C=O) groups is 2. The lowest BCUT2D eigenvalue weighted by Crippen LogP contribution is -2.29. The van der Waals surface area contributed by atoms with Gasteiger partial charge in [-0.05, 0) is 36.1 Å². The topological polar surface area (TPSA) is 92.3 Å². The van der Waals surface area contributed by atoms with Crippen LogP contribution in [0.25, 0.3) is 0 Å². The van der Waals surface area contributed by atoms with Crippen LogP contribution in [0.15, 0.2) is 53.4 Å². The molecule has 27 heavy (non-hydrogen) atoms. The van der Waals surface area contributed by atoms with Crippen LogP contribution in [0.2, 0.25) is 0 Å². The van der Waals surface area contributed by atoms with Crippen LogP contribution < -0.4 is 10.6 Å². The van der Waals surface area contributed by atoms with E-state index in [1.54, 1.807) is 6.07 Å². The molecule has 0 bridgehead atoms. The van der Waals surface area contributed by atoms with Crippen molar-refractivity contribution < 1.29 is 18.0 Å². The van der Waals surface area contributed by atoms with Gasteiger partial charge in [0.2, 0.25) is 11.8 Å². The van der Waals surface area contributed by atoms with E-state index in [1.165, 1.54) is 12.1 Å². The number of nitrogens with one attached hydrogen (secondary N) is 2. The number of anilines is 2. The third kappa shape index (κ3) is 4.36. The molecule has 3 rings (SSSR count). The van der Waals surface area contributed by atoms with Crippen molar-refractivity contribution in [3.8, 4) is 0 Å². The molecule has 1 unspecified atom stereocenters. The molecule has 1 atom stereocenters. The second-order valence-electron chi connectivity index (χ2n) is 7.10. The lowest BCUT2D eigenvalue weighted by molar-refractivity contribution is -0.118. The molecule has 0 spiro atoms. The second-order valence-corrected chi connectivity index (χ2v) is 9.06. The number of hydrogen-bond donors (Lipinski definition) is 2. The van der Waals surface area contributed by atoms with Gasteiger partial charge in [-0.2, -0.15) is 0 Å². The Hall–Kier alpha value is -2.67. The molecule has 0 radical (unpaired) electrons. The van der Waals surface area contributed by atoms with Crippen LogP contribution in [0.1, 0.15) is 31.7 Å². The van der Waals surface area contributed by atoms with Gasteiger partial charge in [-0.25, -0.2) is 8.42 Å². The highest BCUT2D eigenvalue weighted by Crippen LogP contribution is 2.31. The summed E-state index contributed by atoms with van der Waals surface area (Å²) in [6.07, 6.45) is 0.676. The maximum absolute atomic E-state index is 12.9. The molecule has 0 saturated heterocycles. The van der Waals surface area contributed by atoms with Crippen LogP contribution in [-0.2, 0) is 19.4 Å². The Morgan fingerprint density at radius 2 is 1.85 bits per heavy atom. The molecule has 142 valence electrons. The van der Waals surface area contributed by atoms with Gasteiger partial charge >= 0.3 is 0 Å². The Morgan fingerprint density at radius 3 is 2.52 bits per heavy atom. The molecule has 1 aliphatic rings. The van der Waals surface area contributed by atoms with Gasteiger partial charge in [0.15, 0.2) is 9.84 Å². The zero-order chi connectivity index (χ0) is 19.6. The van der Waals surface area contributed by atoms with E-state index in [-0.39, 0.29) is 22.4 Å². The molecular weight excluding hydrogens is 364 g/mol. The van der Waals surface area contributed by atoms with Crippen molar-refractivity contribution >= 4 is 33.0 Å². The van der Waals surface area contributed by atoms with Crippen molar-refractivity contribution in [2.45, 2.75) is 31.1 Å². The van der Waals surface area contributed by atoms with Gasteiger partial charge < -0.3 is 10.6 Å². The summed E-state index contributed by atoms with van der Waals surface area (Å²) in [4.78, 5) is 24.4. The Bertz CT molecular complexity index is 969. The first-order chi connectivity index (χ1) is 12.8. The van der Waals surface area contributed by atoms with Crippen LogP contribution in [0, 0.1) is 5.92 Å².